The maximum atomic E-state index is 3.70. The fourth-order valence-corrected chi connectivity index (χ4v) is 2.75. The molecule has 0 saturated heterocycles. The molecule has 2 aliphatic rings. The number of fused-ring (bicyclic) bond motifs is 1. The number of anilines is 1. The van der Waals surface area contributed by atoms with Crippen molar-refractivity contribution in [3.63, 3.8) is 0 Å². The van der Waals surface area contributed by atoms with E-state index in [1.807, 2.05) is 0 Å². The summed E-state index contributed by atoms with van der Waals surface area (Å²) in [5.74, 6) is 0. The highest BCUT2D eigenvalue weighted by molar-refractivity contribution is 5.61. The van der Waals surface area contributed by atoms with Crippen LogP contribution < -0.4 is 10.6 Å². The number of rotatable bonds is 3. The average molecular weight is 216 g/mol. The minimum atomic E-state index is 0.404. The number of hydrogen-bond donors (Lipinski definition) is 2. The van der Waals surface area contributed by atoms with E-state index in [2.05, 4.69) is 35.8 Å². The lowest BCUT2D eigenvalue weighted by Crippen LogP contribution is -2.47. The van der Waals surface area contributed by atoms with Crippen molar-refractivity contribution in [2.75, 3.05) is 11.9 Å². The first kappa shape index (κ1) is 10.2. The molecule has 1 fully saturated rings. The summed E-state index contributed by atoms with van der Waals surface area (Å²) >= 11 is 0. The Kier molecular flexibility index (Phi) is 2.40. The molecule has 0 aromatic heterocycles. The third-order valence-corrected chi connectivity index (χ3v) is 4.10. The zero-order valence-corrected chi connectivity index (χ0v) is 9.97. The van der Waals surface area contributed by atoms with Crippen LogP contribution in [0.1, 0.15) is 37.3 Å². The zero-order chi connectivity index (χ0) is 11.0. The van der Waals surface area contributed by atoms with Crippen molar-refractivity contribution in [2.24, 2.45) is 0 Å². The summed E-state index contributed by atoms with van der Waals surface area (Å²) in [5, 5.41) is 7.20. The Morgan fingerprint density at radius 3 is 3.00 bits per heavy atom. The van der Waals surface area contributed by atoms with Crippen molar-refractivity contribution < 1.29 is 0 Å². The van der Waals surface area contributed by atoms with Gasteiger partial charge >= 0.3 is 0 Å². The van der Waals surface area contributed by atoms with Gasteiger partial charge in [0.1, 0.15) is 0 Å². The van der Waals surface area contributed by atoms with Gasteiger partial charge in [-0.1, -0.05) is 18.2 Å². The van der Waals surface area contributed by atoms with Crippen LogP contribution in [0, 0.1) is 0 Å². The number of nitrogens with one attached hydrogen (secondary N) is 2. The van der Waals surface area contributed by atoms with Crippen molar-refractivity contribution in [1.29, 1.82) is 0 Å². The van der Waals surface area contributed by atoms with Crippen LogP contribution in [0.5, 0.6) is 0 Å². The highest BCUT2D eigenvalue weighted by Crippen LogP contribution is 2.32. The van der Waals surface area contributed by atoms with E-state index in [-0.39, 0.29) is 0 Å². The van der Waals surface area contributed by atoms with Crippen LogP contribution in [0.15, 0.2) is 18.2 Å². The van der Waals surface area contributed by atoms with Crippen LogP contribution >= 0.6 is 0 Å². The molecule has 0 spiro atoms. The minimum Gasteiger partial charge on any atom is -0.384 e. The van der Waals surface area contributed by atoms with Gasteiger partial charge in [-0.25, -0.2) is 0 Å². The molecular formula is C14H20N2. The third kappa shape index (κ3) is 1.71. The fraction of sp³-hybridized carbons (Fsp3) is 0.571. The van der Waals surface area contributed by atoms with Crippen molar-refractivity contribution in [1.82, 2.24) is 5.32 Å². The molecule has 0 bridgehead atoms. The van der Waals surface area contributed by atoms with E-state index in [9.17, 15) is 0 Å². The Balaban J connectivity index is 1.72. The Labute approximate surface area is 97.4 Å². The maximum Gasteiger partial charge on any atom is 0.0419 e. The SMILES string of the molecule is CC1(NCc2cccc3c2NCC3)CCC1. The van der Waals surface area contributed by atoms with Gasteiger partial charge in [0.25, 0.3) is 0 Å². The zero-order valence-electron chi connectivity index (χ0n) is 9.97. The predicted octanol–water partition coefficient (Wildman–Crippen LogP) is 2.69. The first-order chi connectivity index (χ1) is 7.77. The van der Waals surface area contributed by atoms with Crippen LogP contribution in [-0.4, -0.2) is 12.1 Å². The number of para-hydroxylation sites is 1. The molecule has 3 rings (SSSR count). The largest absolute Gasteiger partial charge is 0.384 e. The van der Waals surface area contributed by atoms with Gasteiger partial charge in [-0.05, 0) is 43.7 Å². The van der Waals surface area contributed by atoms with Gasteiger partial charge in [0.05, 0.1) is 0 Å². The van der Waals surface area contributed by atoms with Crippen LogP contribution in [0.3, 0.4) is 0 Å². The van der Waals surface area contributed by atoms with E-state index >= 15 is 0 Å². The molecule has 1 aliphatic heterocycles. The topological polar surface area (TPSA) is 24.1 Å². The van der Waals surface area contributed by atoms with Crippen molar-refractivity contribution >= 4 is 5.69 Å². The van der Waals surface area contributed by atoms with E-state index < -0.39 is 0 Å². The average Bonchev–Trinajstić information content (AvgIpc) is 2.72. The van der Waals surface area contributed by atoms with E-state index in [0.29, 0.717) is 5.54 Å². The normalized spacial score (nSPS) is 21.1. The first-order valence-electron chi connectivity index (χ1n) is 6.37. The molecule has 0 unspecified atom stereocenters. The van der Waals surface area contributed by atoms with Crippen molar-refractivity contribution in [3.05, 3.63) is 29.3 Å². The third-order valence-electron chi connectivity index (χ3n) is 4.10. The van der Waals surface area contributed by atoms with Crippen LogP contribution in [-0.2, 0) is 13.0 Å². The lowest BCUT2D eigenvalue weighted by Gasteiger charge is -2.39. The predicted molar refractivity (Wildman–Crippen MR) is 67.7 cm³/mol. The molecular weight excluding hydrogens is 196 g/mol. The lowest BCUT2D eigenvalue weighted by atomic mass is 9.78. The van der Waals surface area contributed by atoms with Crippen LogP contribution in [0.2, 0.25) is 0 Å². The molecule has 2 nitrogen and oxygen atoms in total. The number of hydrogen-bond acceptors (Lipinski definition) is 2. The quantitative estimate of drug-likeness (QED) is 0.811. The second-order valence-corrected chi connectivity index (χ2v) is 5.40. The molecule has 0 radical (unpaired) electrons. The van der Waals surface area contributed by atoms with Crippen molar-refractivity contribution in [3.8, 4) is 0 Å². The van der Waals surface area contributed by atoms with Crippen LogP contribution in [0.4, 0.5) is 5.69 Å². The Bertz CT molecular complexity index is 394. The van der Waals surface area contributed by atoms with E-state index in [1.165, 1.54) is 42.5 Å². The van der Waals surface area contributed by atoms with E-state index in [0.717, 1.165) is 13.1 Å². The number of benzene rings is 1. The van der Waals surface area contributed by atoms with E-state index in [4.69, 9.17) is 0 Å². The summed E-state index contributed by atoms with van der Waals surface area (Å²) in [6, 6.07) is 6.67. The molecule has 1 saturated carbocycles. The fourth-order valence-electron chi connectivity index (χ4n) is 2.75. The molecule has 1 aromatic rings. The lowest BCUT2D eigenvalue weighted by molar-refractivity contribution is 0.207. The standard InChI is InChI=1S/C14H20N2/c1-14(7-3-8-14)16-10-12-5-2-4-11-6-9-15-13(11)12/h2,4-5,15-16H,3,6-10H2,1H3. The molecule has 2 heteroatoms. The summed E-state index contributed by atoms with van der Waals surface area (Å²) in [6.07, 6.45) is 5.22. The molecule has 1 heterocycles. The van der Waals surface area contributed by atoms with Crippen LogP contribution in [0.25, 0.3) is 0 Å². The minimum absolute atomic E-state index is 0.404. The molecule has 1 aromatic carbocycles. The van der Waals surface area contributed by atoms with Gasteiger partial charge in [0.2, 0.25) is 0 Å². The molecule has 0 amide bonds. The van der Waals surface area contributed by atoms with E-state index in [1.54, 1.807) is 0 Å². The summed E-state index contributed by atoms with van der Waals surface area (Å²) < 4.78 is 0. The van der Waals surface area contributed by atoms with Gasteiger partial charge in [-0.3, -0.25) is 0 Å². The Morgan fingerprint density at radius 2 is 2.25 bits per heavy atom. The van der Waals surface area contributed by atoms with Gasteiger partial charge in [0.15, 0.2) is 0 Å². The monoisotopic (exact) mass is 216 g/mol. The molecule has 86 valence electrons. The highest BCUT2D eigenvalue weighted by Gasteiger charge is 2.31. The molecule has 2 N–H and O–H groups in total. The van der Waals surface area contributed by atoms with Gasteiger partial charge in [0, 0.05) is 24.3 Å². The summed E-state index contributed by atoms with van der Waals surface area (Å²) in [7, 11) is 0. The smallest absolute Gasteiger partial charge is 0.0419 e. The Morgan fingerprint density at radius 1 is 1.38 bits per heavy atom. The summed E-state index contributed by atoms with van der Waals surface area (Å²) in [6.45, 7) is 4.45. The summed E-state index contributed by atoms with van der Waals surface area (Å²) in [4.78, 5) is 0. The molecule has 1 aliphatic carbocycles. The van der Waals surface area contributed by atoms with Crippen molar-refractivity contribution in [2.45, 2.75) is 44.7 Å². The summed E-state index contributed by atoms with van der Waals surface area (Å²) in [5.41, 5.74) is 4.71. The second-order valence-electron chi connectivity index (χ2n) is 5.40. The maximum absolute atomic E-state index is 3.70. The van der Waals surface area contributed by atoms with Gasteiger partial charge in [-0.2, -0.15) is 0 Å². The van der Waals surface area contributed by atoms with Gasteiger partial charge in [-0.15, -0.1) is 0 Å². The first-order valence-corrected chi connectivity index (χ1v) is 6.37. The highest BCUT2D eigenvalue weighted by atomic mass is 15.0. The molecule has 16 heavy (non-hydrogen) atoms. The molecule has 0 atom stereocenters. The Hall–Kier alpha value is -1.02. The second kappa shape index (κ2) is 3.77. The van der Waals surface area contributed by atoms with Gasteiger partial charge < -0.3 is 10.6 Å².